The van der Waals surface area contributed by atoms with E-state index >= 15 is 0 Å². The molecule has 2 heterocycles. The van der Waals surface area contributed by atoms with Crippen LogP contribution in [0.1, 0.15) is 31.3 Å². The SMILES string of the molecule is CCc1cc(NCCN2CCC(N(C)C)CC2)nc(C)n1. The van der Waals surface area contributed by atoms with Crippen LogP contribution in [0.15, 0.2) is 6.07 Å². The Kier molecular flexibility index (Phi) is 5.94. The number of nitrogens with one attached hydrogen (secondary N) is 1. The topological polar surface area (TPSA) is 44.3 Å². The lowest BCUT2D eigenvalue weighted by Crippen LogP contribution is -2.43. The van der Waals surface area contributed by atoms with Gasteiger partial charge in [0.05, 0.1) is 0 Å². The largest absolute Gasteiger partial charge is 0.369 e. The lowest BCUT2D eigenvalue weighted by atomic mass is 10.0. The summed E-state index contributed by atoms with van der Waals surface area (Å²) in [6.07, 6.45) is 3.51. The van der Waals surface area contributed by atoms with E-state index in [0.29, 0.717) is 0 Å². The van der Waals surface area contributed by atoms with Crippen molar-refractivity contribution in [2.45, 2.75) is 39.2 Å². The van der Waals surface area contributed by atoms with Crippen LogP contribution in [-0.2, 0) is 6.42 Å². The Bertz CT molecular complexity index is 438. The summed E-state index contributed by atoms with van der Waals surface area (Å²) in [4.78, 5) is 13.8. The third kappa shape index (κ3) is 4.93. The van der Waals surface area contributed by atoms with Crippen LogP contribution in [-0.4, -0.2) is 66.1 Å². The summed E-state index contributed by atoms with van der Waals surface area (Å²) in [5.74, 6) is 1.81. The number of piperidine rings is 1. The number of likely N-dealkylation sites (tertiary alicyclic amines) is 1. The van der Waals surface area contributed by atoms with Gasteiger partial charge in [-0.2, -0.15) is 0 Å². The fourth-order valence-corrected chi connectivity index (χ4v) is 2.90. The average Bonchev–Trinajstić information content (AvgIpc) is 2.47. The van der Waals surface area contributed by atoms with Gasteiger partial charge in [-0.3, -0.25) is 0 Å². The van der Waals surface area contributed by atoms with Crippen LogP contribution >= 0.6 is 0 Å². The number of rotatable bonds is 6. The second-order valence-corrected chi connectivity index (χ2v) is 6.11. The minimum absolute atomic E-state index is 0.755. The van der Waals surface area contributed by atoms with Crippen molar-refractivity contribution in [1.82, 2.24) is 19.8 Å². The molecule has 5 nitrogen and oxygen atoms in total. The van der Waals surface area contributed by atoms with Gasteiger partial charge in [-0.05, 0) is 53.4 Å². The Labute approximate surface area is 128 Å². The van der Waals surface area contributed by atoms with Crippen molar-refractivity contribution < 1.29 is 0 Å². The molecular weight excluding hydrogens is 262 g/mol. The zero-order chi connectivity index (χ0) is 15.2. The standard InChI is InChI=1S/C16H29N5/c1-5-14-12-16(19-13(2)18-14)17-8-11-21-9-6-15(7-10-21)20(3)4/h12,15H,5-11H2,1-4H3,(H,17,18,19). The first-order valence-corrected chi connectivity index (χ1v) is 8.05. The van der Waals surface area contributed by atoms with Crippen LogP contribution in [0.5, 0.6) is 0 Å². The first kappa shape index (κ1) is 16.2. The Hall–Kier alpha value is -1.20. The van der Waals surface area contributed by atoms with Crippen LogP contribution in [0.2, 0.25) is 0 Å². The first-order valence-electron chi connectivity index (χ1n) is 8.05. The monoisotopic (exact) mass is 291 g/mol. The molecule has 21 heavy (non-hydrogen) atoms. The molecule has 0 radical (unpaired) electrons. The van der Waals surface area contributed by atoms with E-state index in [2.05, 4.69) is 52.2 Å². The normalized spacial score (nSPS) is 17.4. The summed E-state index contributed by atoms with van der Waals surface area (Å²) in [6, 6.07) is 2.82. The van der Waals surface area contributed by atoms with Gasteiger partial charge in [0.1, 0.15) is 11.6 Å². The number of hydrogen-bond donors (Lipinski definition) is 1. The van der Waals surface area contributed by atoms with Crippen molar-refractivity contribution in [3.05, 3.63) is 17.6 Å². The molecule has 0 aliphatic carbocycles. The summed E-state index contributed by atoms with van der Waals surface area (Å²) in [5.41, 5.74) is 1.11. The third-order valence-corrected chi connectivity index (χ3v) is 4.27. The van der Waals surface area contributed by atoms with Crippen LogP contribution in [0, 0.1) is 6.92 Å². The quantitative estimate of drug-likeness (QED) is 0.865. The molecule has 118 valence electrons. The van der Waals surface area contributed by atoms with E-state index in [1.54, 1.807) is 0 Å². The molecule has 0 amide bonds. The van der Waals surface area contributed by atoms with Crippen LogP contribution < -0.4 is 5.32 Å². The number of anilines is 1. The summed E-state index contributed by atoms with van der Waals surface area (Å²) in [7, 11) is 4.37. The Morgan fingerprint density at radius 2 is 2.00 bits per heavy atom. The van der Waals surface area contributed by atoms with Gasteiger partial charge in [0.25, 0.3) is 0 Å². The van der Waals surface area contributed by atoms with Gasteiger partial charge < -0.3 is 15.1 Å². The van der Waals surface area contributed by atoms with E-state index < -0.39 is 0 Å². The second kappa shape index (κ2) is 7.71. The maximum atomic E-state index is 4.45. The maximum absolute atomic E-state index is 4.45. The molecule has 2 rings (SSSR count). The van der Waals surface area contributed by atoms with Gasteiger partial charge in [0, 0.05) is 30.9 Å². The van der Waals surface area contributed by atoms with Crippen molar-refractivity contribution in [2.75, 3.05) is 45.6 Å². The number of aromatic nitrogens is 2. The Balaban J connectivity index is 1.74. The molecule has 1 fully saturated rings. The van der Waals surface area contributed by atoms with E-state index in [1.165, 1.54) is 25.9 Å². The number of nitrogens with zero attached hydrogens (tertiary/aromatic N) is 4. The molecule has 0 bridgehead atoms. The Morgan fingerprint density at radius 1 is 1.29 bits per heavy atom. The van der Waals surface area contributed by atoms with Crippen molar-refractivity contribution >= 4 is 5.82 Å². The molecule has 1 aliphatic heterocycles. The third-order valence-electron chi connectivity index (χ3n) is 4.27. The van der Waals surface area contributed by atoms with E-state index in [1.807, 2.05) is 6.92 Å². The predicted molar refractivity (Wildman–Crippen MR) is 87.8 cm³/mol. The van der Waals surface area contributed by atoms with Gasteiger partial charge in [-0.25, -0.2) is 9.97 Å². The lowest BCUT2D eigenvalue weighted by Gasteiger charge is -2.35. The number of hydrogen-bond acceptors (Lipinski definition) is 5. The molecule has 1 aromatic heterocycles. The summed E-state index contributed by atoms with van der Waals surface area (Å²) >= 11 is 0. The van der Waals surface area contributed by atoms with Crippen molar-refractivity contribution in [3.8, 4) is 0 Å². The molecule has 0 saturated carbocycles. The van der Waals surface area contributed by atoms with Gasteiger partial charge in [-0.15, -0.1) is 0 Å². The molecule has 0 aromatic carbocycles. The maximum Gasteiger partial charge on any atom is 0.129 e. The minimum Gasteiger partial charge on any atom is -0.369 e. The molecule has 1 N–H and O–H groups in total. The predicted octanol–water partition coefficient (Wildman–Crippen LogP) is 1.79. The van der Waals surface area contributed by atoms with Crippen molar-refractivity contribution in [1.29, 1.82) is 0 Å². The highest BCUT2D eigenvalue weighted by molar-refractivity contribution is 5.35. The Morgan fingerprint density at radius 3 is 2.62 bits per heavy atom. The molecule has 1 saturated heterocycles. The summed E-state index contributed by atoms with van der Waals surface area (Å²) in [5, 5.41) is 3.44. The average molecular weight is 291 g/mol. The molecule has 0 spiro atoms. The van der Waals surface area contributed by atoms with Gasteiger partial charge in [-0.1, -0.05) is 6.92 Å². The number of aryl methyl sites for hydroxylation is 2. The highest BCUT2D eigenvalue weighted by Crippen LogP contribution is 2.14. The van der Waals surface area contributed by atoms with Crippen LogP contribution in [0.4, 0.5) is 5.82 Å². The van der Waals surface area contributed by atoms with Crippen molar-refractivity contribution in [2.24, 2.45) is 0 Å². The van der Waals surface area contributed by atoms with E-state index in [4.69, 9.17) is 0 Å². The summed E-state index contributed by atoms with van der Waals surface area (Å²) in [6.45, 7) is 8.52. The van der Waals surface area contributed by atoms with E-state index in [-0.39, 0.29) is 0 Å². The highest BCUT2D eigenvalue weighted by Gasteiger charge is 2.19. The highest BCUT2D eigenvalue weighted by atomic mass is 15.2. The minimum atomic E-state index is 0.755. The van der Waals surface area contributed by atoms with Gasteiger partial charge in [0.2, 0.25) is 0 Å². The van der Waals surface area contributed by atoms with Crippen LogP contribution in [0.25, 0.3) is 0 Å². The zero-order valence-corrected chi connectivity index (χ0v) is 13.9. The molecule has 1 aliphatic rings. The zero-order valence-electron chi connectivity index (χ0n) is 13.9. The van der Waals surface area contributed by atoms with Crippen molar-refractivity contribution in [3.63, 3.8) is 0 Å². The fraction of sp³-hybridized carbons (Fsp3) is 0.750. The molecule has 5 heteroatoms. The van der Waals surface area contributed by atoms with Crippen LogP contribution in [0.3, 0.4) is 0 Å². The molecule has 0 unspecified atom stereocenters. The van der Waals surface area contributed by atoms with E-state index in [0.717, 1.165) is 42.9 Å². The van der Waals surface area contributed by atoms with Gasteiger partial charge in [0.15, 0.2) is 0 Å². The van der Waals surface area contributed by atoms with E-state index in [9.17, 15) is 0 Å². The smallest absolute Gasteiger partial charge is 0.129 e. The second-order valence-electron chi connectivity index (χ2n) is 6.11. The fourth-order valence-electron chi connectivity index (χ4n) is 2.90. The first-order chi connectivity index (χ1) is 10.1. The molecule has 1 aromatic rings. The molecule has 0 atom stereocenters. The summed E-state index contributed by atoms with van der Waals surface area (Å²) < 4.78 is 0. The lowest BCUT2D eigenvalue weighted by molar-refractivity contribution is 0.148. The van der Waals surface area contributed by atoms with Gasteiger partial charge >= 0.3 is 0 Å². The molecular formula is C16H29N5.